The predicted molar refractivity (Wildman–Crippen MR) is 77.9 cm³/mol. The Kier molecular flexibility index (Phi) is 4.35. The Bertz CT molecular complexity index is 545. The Balaban J connectivity index is 2.25. The molecule has 0 bridgehead atoms. The predicted octanol–water partition coefficient (Wildman–Crippen LogP) is 1.52. The van der Waals surface area contributed by atoms with Crippen molar-refractivity contribution in [1.29, 1.82) is 0 Å². The molecule has 1 aromatic carbocycles. The summed E-state index contributed by atoms with van der Waals surface area (Å²) in [7, 11) is -3.54. The highest BCUT2D eigenvalue weighted by atomic mass is 35.5. The fraction of sp³-hybridized carbons (Fsp3) is 0.500. The summed E-state index contributed by atoms with van der Waals surface area (Å²) in [6, 6.07) is 3.66. The quantitative estimate of drug-likeness (QED) is 0.890. The molecule has 1 fully saturated rings. The van der Waals surface area contributed by atoms with E-state index >= 15 is 0 Å². The molecule has 0 saturated carbocycles. The van der Waals surface area contributed by atoms with E-state index in [0.29, 0.717) is 36.9 Å². The summed E-state index contributed by atoms with van der Waals surface area (Å²) in [5.41, 5.74) is 2.29. The van der Waals surface area contributed by atoms with Crippen LogP contribution in [0.25, 0.3) is 0 Å². The van der Waals surface area contributed by atoms with Gasteiger partial charge in [-0.1, -0.05) is 17.7 Å². The number of nitrogens with one attached hydrogen (secondary N) is 2. The largest absolute Gasteiger partial charge is 0.314 e. The second-order valence-corrected chi connectivity index (χ2v) is 6.77. The van der Waals surface area contributed by atoms with Gasteiger partial charge in [0, 0.05) is 26.2 Å². The molecule has 1 heterocycles. The van der Waals surface area contributed by atoms with Gasteiger partial charge in [0.15, 0.2) is 0 Å². The minimum Gasteiger partial charge on any atom is -0.314 e. The summed E-state index contributed by atoms with van der Waals surface area (Å²) >= 11 is 6.12. The van der Waals surface area contributed by atoms with Gasteiger partial charge in [-0.05, 0) is 31.0 Å². The molecule has 5 nitrogen and oxygen atoms in total. The van der Waals surface area contributed by atoms with Crippen molar-refractivity contribution in [2.24, 2.45) is 0 Å². The smallest absolute Gasteiger partial charge is 0.301 e. The molecule has 19 heavy (non-hydrogen) atoms. The molecule has 106 valence electrons. The maximum atomic E-state index is 12.3. The number of halogens is 1. The number of aryl methyl sites for hydroxylation is 2. The number of nitrogens with zero attached hydrogens (tertiary/aromatic N) is 1. The lowest BCUT2D eigenvalue weighted by atomic mass is 10.1. The number of piperazine rings is 1. The van der Waals surface area contributed by atoms with Crippen LogP contribution in [0.1, 0.15) is 11.1 Å². The van der Waals surface area contributed by atoms with Crippen LogP contribution in [0.4, 0.5) is 5.69 Å². The summed E-state index contributed by atoms with van der Waals surface area (Å²) in [5.74, 6) is 0. The zero-order chi connectivity index (χ0) is 14.0. The number of anilines is 1. The number of rotatable bonds is 3. The molecule has 0 aliphatic carbocycles. The van der Waals surface area contributed by atoms with Crippen LogP contribution >= 0.6 is 11.6 Å². The molecule has 0 atom stereocenters. The highest BCUT2D eigenvalue weighted by Gasteiger charge is 2.24. The standard InChI is InChI=1S/C12H18ClN3O2S/c1-9-7-10(2)12(11(13)8-9)15-19(17,18)16-5-3-14-4-6-16/h7-8,14-15H,3-6H2,1-2H3. The van der Waals surface area contributed by atoms with Crippen molar-refractivity contribution >= 4 is 27.5 Å². The van der Waals surface area contributed by atoms with Crippen LogP contribution in [0.5, 0.6) is 0 Å². The van der Waals surface area contributed by atoms with Gasteiger partial charge in [0.2, 0.25) is 0 Å². The van der Waals surface area contributed by atoms with Gasteiger partial charge in [-0.15, -0.1) is 0 Å². The fourth-order valence-corrected chi connectivity index (χ4v) is 3.87. The van der Waals surface area contributed by atoms with Crippen LogP contribution < -0.4 is 10.0 Å². The molecular formula is C12H18ClN3O2S. The molecular weight excluding hydrogens is 286 g/mol. The molecule has 0 aromatic heterocycles. The van der Waals surface area contributed by atoms with E-state index in [4.69, 9.17) is 11.6 Å². The summed E-state index contributed by atoms with van der Waals surface area (Å²) in [5, 5.41) is 3.55. The van der Waals surface area contributed by atoms with Crippen molar-refractivity contribution in [2.75, 3.05) is 30.9 Å². The third kappa shape index (κ3) is 3.39. The molecule has 0 spiro atoms. The lowest BCUT2D eigenvalue weighted by Gasteiger charge is -2.27. The molecule has 7 heteroatoms. The first-order valence-corrected chi connectivity index (χ1v) is 7.97. The molecule has 1 aliphatic rings. The summed E-state index contributed by atoms with van der Waals surface area (Å²) < 4.78 is 28.6. The van der Waals surface area contributed by atoms with Crippen LogP contribution in [0.2, 0.25) is 5.02 Å². The van der Waals surface area contributed by atoms with Gasteiger partial charge in [-0.3, -0.25) is 4.72 Å². The second-order valence-electron chi connectivity index (χ2n) is 4.69. The number of hydrogen-bond donors (Lipinski definition) is 2. The van der Waals surface area contributed by atoms with E-state index in [2.05, 4.69) is 10.0 Å². The van der Waals surface area contributed by atoms with E-state index in [-0.39, 0.29) is 0 Å². The van der Waals surface area contributed by atoms with Crippen LogP contribution in [0.15, 0.2) is 12.1 Å². The molecule has 1 saturated heterocycles. The van der Waals surface area contributed by atoms with Crippen molar-refractivity contribution in [3.8, 4) is 0 Å². The Morgan fingerprint density at radius 3 is 2.47 bits per heavy atom. The number of benzene rings is 1. The van der Waals surface area contributed by atoms with Gasteiger partial charge in [0.1, 0.15) is 0 Å². The molecule has 2 rings (SSSR count). The molecule has 1 aliphatic heterocycles. The first-order chi connectivity index (χ1) is 8.90. The van der Waals surface area contributed by atoms with E-state index in [9.17, 15) is 8.42 Å². The van der Waals surface area contributed by atoms with Crippen molar-refractivity contribution < 1.29 is 8.42 Å². The lowest BCUT2D eigenvalue weighted by molar-refractivity contribution is 0.362. The average molecular weight is 304 g/mol. The van der Waals surface area contributed by atoms with Crippen LogP contribution in [-0.4, -0.2) is 38.9 Å². The molecule has 0 amide bonds. The van der Waals surface area contributed by atoms with E-state index in [1.165, 1.54) is 4.31 Å². The van der Waals surface area contributed by atoms with Crippen molar-refractivity contribution in [3.05, 3.63) is 28.3 Å². The lowest BCUT2D eigenvalue weighted by Crippen LogP contribution is -2.48. The van der Waals surface area contributed by atoms with Gasteiger partial charge >= 0.3 is 10.2 Å². The van der Waals surface area contributed by atoms with E-state index in [1.54, 1.807) is 6.07 Å². The third-order valence-corrected chi connectivity index (χ3v) is 4.88. The summed E-state index contributed by atoms with van der Waals surface area (Å²) in [6.45, 7) is 6.04. The van der Waals surface area contributed by atoms with Crippen LogP contribution in [0.3, 0.4) is 0 Å². The van der Waals surface area contributed by atoms with Gasteiger partial charge in [0.05, 0.1) is 10.7 Å². The van der Waals surface area contributed by atoms with E-state index < -0.39 is 10.2 Å². The zero-order valence-electron chi connectivity index (χ0n) is 11.0. The highest BCUT2D eigenvalue weighted by molar-refractivity contribution is 7.90. The summed E-state index contributed by atoms with van der Waals surface area (Å²) in [6.07, 6.45) is 0. The van der Waals surface area contributed by atoms with Gasteiger partial charge in [0.25, 0.3) is 0 Å². The molecule has 0 unspecified atom stereocenters. The Hall–Kier alpha value is -0.820. The maximum Gasteiger partial charge on any atom is 0.301 e. The molecule has 0 radical (unpaired) electrons. The maximum absolute atomic E-state index is 12.3. The highest BCUT2D eigenvalue weighted by Crippen LogP contribution is 2.28. The van der Waals surface area contributed by atoms with Gasteiger partial charge < -0.3 is 5.32 Å². The Labute approximate surface area is 119 Å². The minimum absolute atomic E-state index is 0.427. The fourth-order valence-electron chi connectivity index (χ4n) is 2.12. The first kappa shape index (κ1) is 14.6. The SMILES string of the molecule is Cc1cc(C)c(NS(=O)(=O)N2CCNCC2)c(Cl)c1. The Morgan fingerprint density at radius 2 is 1.89 bits per heavy atom. The Morgan fingerprint density at radius 1 is 1.26 bits per heavy atom. The van der Waals surface area contributed by atoms with Gasteiger partial charge in [-0.25, -0.2) is 0 Å². The zero-order valence-corrected chi connectivity index (χ0v) is 12.6. The first-order valence-electron chi connectivity index (χ1n) is 6.15. The van der Waals surface area contributed by atoms with E-state index in [1.807, 2.05) is 19.9 Å². The number of hydrogen-bond acceptors (Lipinski definition) is 3. The second kappa shape index (κ2) is 5.66. The van der Waals surface area contributed by atoms with Crippen LogP contribution in [-0.2, 0) is 10.2 Å². The van der Waals surface area contributed by atoms with Crippen molar-refractivity contribution in [2.45, 2.75) is 13.8 Å². The van der Waals surface area contributed by atoms with E-state index in [0.717, 1.165) is 11.1 Å². The average Bonchev–Trinajstić information content (AvgIpc) is 2.35. The van der Waals surface area contributed by atoms with Crippen molar-refractivity contribution in [1.82, 2.24) is 9.62 Å². The van der Waals surface area contributed by atoms with Crippen molar-refractivity contribution in [3.63, 3.8) is 0 Å². The summed E-state index contributed by atoms with van der Waals surface area (Å²) in [4.78, 5) is 0. The minimum atomic E-state index is -3.54. The van der Waals surface area contributed by atoms with Crippen LogP contribution in [0, 0.1) is 13.8 Å². The molecule has 1 aromatic rings. The monoisotopic (exact) mass is 303 g/mol. The normalized spacial score (nSPS) is 17.4. The third-order valence-electron chi connectivity index (χ3n) is 3.08. The topological polar surface area (TPSA) is 61.4 Å². The molecule has 2 N–H and O–H groups in total. The van der Waals surface area contributed by atoms with Gasteiger partial charge in [-0.2, -0.15) is 12.7 Å².